The second-order valence-corrected chi connectivity index (χ2v) is 5.22. The molecule has 3 rings (SSSR count). The van der Waals surface area contributed by atoms with Crippen LogP contribution in [-0.2, 0) is 4.74 Å². The molecule has 2 atom stereocenters. The zero-order valence-corrected chi connectivity index (χ0v) is 11.8. The van der Waals surface area contributed by atoms with Gasteiger partial charge in [-0.05, 0) is 44.9 Å². The summed E-state index contributed by atoms with van der Waals surface area (Å²) in [5, 5.41) is 0.907. The minimum atomic E-state index is -0.306. The maximum Gasteiger partial charge on any atom is 0.193 e. The maximum atomic E-state index is 12.6. The summed E-state index contributed by atoms with van der Waals surface area (Å²) in [6.45, 7) is 4.57. The molecular weight excluding hydrogens is 254 g/mol. The van der Waals surface area contributed by atoms with Crippen molar-refractivity contribution < 1.29 is 14.3 Å². The Morgan fingerprint density at radius 1 is 1.45 bits per heavy atom. The molecule has 2 aromatic rings. The zero-order chi connectivity index (χ0) is 14.1. The topological polar surface area (TPSA) is 51.3 Å². The van der Waals surface area contributed by atoms with E-state index in [9.17, 15) is 4.79 Å². The summed E-state index contributed by atoms with van der Waals surface area (Å²) in [5.74, 6) is 0.851. The van der Waals surface area contributed by atoms with Crippen LogP contribution in [0.5, 0.6) is 5.75 Å². The van der Waals surface area contributed by atoms with Crippen molar-refractivity contribution in [2.45, 2.75) is 38.9 Å². The highest BCUT2D eigenvalue weighted by Crippen LogP contribution is 2.28. The van der Waals surface area contributed by atoms with Crippen LogP contribution in [0.3, 0.4) is 0 Å². The minimum Gasteiger partial charge on any atom is -0.494 e. The highest BCUT2D eigenvalue weighted by molar-refractivity contribution is 6.10. The van der Waals surface area contributed by atoms with Gasteiger partial charge in [-0.2, -0.15) is 0 Å². The maximum absolute atomic E-state index is 12.6. The molecule has 1 N–H and O–H groups in total. The van der Waals surface area contributed by atoms with E-state index in [0.717, 1.165) is 29.5 Å². The lowest BCUT2D eigenvalue weighted by molar-refractivity contribution is 0.0435. The van der Waals surface area contributed by atoms with Crippen molar-refractivity contribution in [3.05, 3.63) is 30.0 Å². The van der Waals surface area contributed by atoms with Crippen molar-refractivity contribution in [1.29, 1.82) is 0 Å². The van der Waals surface area contributed by atoms with Gasteiger partial charge in [-0.3, -0.25) is 4.79 Å². The van der Waals surface area contributed by atoms with Crippen LogP contribution in [0.4, 0.5) is 0 Å². The van der Waals surface area contributed by atoms with Gasteiger partial charge in [0.2, 0.25) is 0 Å². The number of ether oxygens (including phenoxy) is 2. The van der Waals surface area contributed by atoms with Crippen LogP contribution in [0.25, 0.3) is 10.9 Å². The lowest BCUT2D eigenvalue weighted by Crippen LogP contribution is -2.20. The van der Waals surface area contributed by atoms with E-state index < -0.39 is 0 Å². The summed E-state index contributed by atoms with van der Waals surface area (Å²) in [6.07, 6.45) is 3.39. The number of benzene rings is 1. The van der Waals surface area contributed by atoms with Crippen molar-refractivity contribution in [1.82, 2.24) is 4.98 Å². The molecule has 1 aromatic heterocycles. The van der Waals surface area contributed by atoms with E-state index in [-0.39, 0.29) is 18.0 Å². The Kier molecular flexibility index (Phi) is 3.49. The smallest absolute Gasteiger partial charge is 0.193 e. The van der Waals surface area contributed by atoms with Crippen LogP contribution < -0.4 is 4.74 Å². The third-order valence-electron chi connectivity index (χ3n) is 3.75. The van der Waals surface area contributed by atoms with Crippen LogP contribution in [0.2, 0.25) is 0 Å². The number of Topliss-reactive ketones (excluding diaryl/α,β-unsaturated/α-hetero) is 1. The zero-order valence-electron chi connectivity index (χ0n) is 11.8. The lowest BCUT2D eigenvalue weighted by Gasteiger charge is -2.09. The molecule has 1 aliphatic rings. The van der Waals surface area contributed by atoms with E-state index in [0.29, 0.717) is 12.2 Å². The Morgan fingerprint density at radius 2 is 2.30 bits per heavy atom. The number of aromatic nitrogens is 1. The third-order valence-corrected chi connectivity index (χ3v) is 3.75. The van der Waals surface area contributed by atoms with Crippen LogP contribution in [-0.4, -0.2) is 29.6 Å². The molecule has 1 aliphatic heterocycles. The molecule has 1 aromatic carbocycles. The number of aromatic amines is 1. The molecule has 0 radical (unpaired) electrons. The van der Waals surface area contributed by atoms with Gasteiger partial charge in [-0.25, -0.2) is 0 Å². The normalized spacial score (nSPS) is 22.3. The highest BCUT2D eigenvalue weighted by Gasteiger charge is 2.30. The Hall–Kier alpha value is -1.81. The number of nitrogens with one attached hydrogen (secondary N) is 1. The van der Waals surface area contributed by atoms with Gasteiger partial charge in [0.05, 0.1) is 12.7 Å². The number of carbonyl (C=O) groups is 1. The largest absolute Gasteiger partial charge is 0.494 e. The third kappa shape index (κ3) is 2.31. The van der Waals surface area contributed by atoms with Crippen LogP contribution in [0.1, 0.15) is 37.0 Å². The average molecular weight is 273 g/mol. The number of hydrogen-bond acceptors (Lipinski definition) is 3. The average Bonchev–Trinajstić information content (AvgIpc) is 3.04. The van der Waals surface area contributed by atoms with E-state index >= 15 is 0 Å². The Bertz CT molecular complexity index is 632. The molecule has 0 aliphatic carbocycles. The van der Waals surface area contributed by atoms with Crippen LogP contribution >= 0.6 is 0 Å². The molecule has 1 fully saturated rings. The summed E-state index contributed by atoms with van der Waals surface area (Å²) in [5.41, 5.74) is 1.64. The fourth-order valence-corrected chi connectivity index (χ4v) is 2.73. The standard InChI is InChI=1S/C16H19NO3/c1-3-19-11-5-6-14-12(8-11)13(9-17-14)16(18)15-7-4-10(2)20-15/h5-6,8-10,15,17H,3-4,7H2,1-2H3. The molecule has 106 valence electrons. The van der Waals surface area contributed by atoms with E-state index in [1.807, 2.05) is 32.0 Å². The summed E-state index contributed by atoms with van der Waals surface area (Å²) < 4.78 is 11.2. The molecule has 0 saturated carbocycles. The van der Waals surface area contributed by atoms with E-state index in [1.165, 1.54) is 0 Å². The molecule has 2 heterocycles. The second kappa shape index (κ2) is 5.29. The van der Waals surface area contributed by atoms with E-state index in [4.69, 9.17) is 9.47 Å². The number of rotatable bonds is 4. The van der Waals surface area contributed by atoms with Gasteiger partial charge in [-0.15, -0.1) is 0 Å². The molecular formula is C16H19NO3. The van der Waals surface area contributed by atoms with E-state index in [2.05, 4.69) is 4.98 Å². The Morgan fingerprint density at radius 3 is 3.00 bits per heavy atom. The van der Waals surface area contributed by atoms with Gasteiger partial charge < -0.3 is 14.5 Å². The van der Waals surface area contributed by atoms with Crippen molar-refractivity contribution >= 4 is 16.7 Å². The van der Waals surface area contributed by atoms with Crippen molar-refractivity contribution in [3.8, 4) is 5.75 Å². The summed E-state index contributed by atoms with van der Waals surface area (Å²) in [6, 6.07) is 5.76. The Labute approximate surface area is 118 Å². The molecule has 1 saturated heterocycles. The van der Waals surface area contributed by atoms with Crippen LogP contribution in [0.15, 0.2) is 24.4 Å². The van der Waals surface area contributed by atoms with Gasteiger partial charge in [0, 0.05) is 22.7 Å². The summed E-state index contributed by atoms with van der Waals surface area (Å²) in [7, 11) is 0. The molecule has 0 amide bonds. The SMILES string of the molecule is CCOc1ccc2[nH]cc(C(=O)C3CCC(C)O3)c2c1. The van der Waals surface area contributed by atoms with Crippen molar-refractivity contribution in [3.63, 3.8) is 0 Å². The quantitative estimate of drug-likeness (QED) is 0.869. The van der Waals surface area contributed by atoms with Gasteiger partial charge in [0.15, 0.2) is 5.78 Å². The number of carbonyl (C=O) groups excluding carboxylic acids is 1. The molecule has 2 unspecified atom stereocenters. The van der Waals surface area contributed by atoms with Crippen LogP contribution in [0, 0.1) is 0 Å². The predicted octanol–water partition coefficient (Wildman–Crippen LogP) is 3.32. The lowest BCUT2D eigenvalue weighted by atomic mass is 10.0. The molecule has 0 spiro atoms. The highest BCUT2D eigenvalue weighted by atomic mass is 16.5. The predicted molar refractivity (Wildman–Crippen MR) is 77.4 cm³/mol. The number of ketones is 1. The van der Waals surface area contributed by atoms with Crippen molar-refractivity contribution in [2.75, 3.05) is 6.61 Å². The van der Waals surface area contributed by atoms with Gasteiger partial charge in [-0.1, -0.05) is 0 Å². The number of H-pyrrole nitrogens is 1. The fraction of sp³-hybridized carbons (Fsp3) is 0.438. The second-order valence-electron chi connectivity index (χ2n) is 5.22. The first-order valence-electron chi connectivity index (χ1n) is 7.12. The number of hydrogen-bond donors (Lipinski definition) is 1. The fourth-order valence-electron chi connectivity index (χ4n) is 2.73. The van der Waals surface area contributed by atoms with Crippen molar-refractivity contribution in [2.24, 2.45) is 0 Å². The van der Waals surface area contributed by atoms with Gasteiger partial charge >= 0.3 is 0 Å². The molecule has 20 heavy (non-hydrogen) atoms. The molecule has 4 nitrogen and oxygen atoms in total. The van der Waals surface area contributed by atoms with Gasteiger partial charge in [0.25, 0.3) is 0 Å². The monoisotopic (exact) mass is 273 g/mol. The first kappa shape index (κ1) is 13.2. The molecule has 4 heteroatoms. The van der Waals surface area contributed by atoms with Gasteiger partial charge in [0.1, 0.15) is 11.9 Å². The minimum absolute atomic E-state index is 0.0641. The summed E-state index contributed by atoms with van der Waals surface area (Å²) in [4.78, 5) is 15.7. The number of fused-ring (bicyclic) bond motifs is 1. The first-order chi connectivity index (χ1) is 9.69. The first-order valence-corrected chi connectivity index (χ1v) is 7.12. The Balaban J connectivity index is 1.94. The summed E-state index contributed by atoms with van der Waals surface area (Å²) >= 11 is 0. The van der Waals surface area contributed by atoms with E-state index in [1.54, 1.807) is 6.20 Å². The molecule has 0 bridgehead atoms.